The van der Waals surface area contributed by atoms with Gasteiger partial charge in [-0.2, -0.15) is 5.10 Å². The minimum absolute atomic E-state index is 0.106. The molecule has 0 fully saturated rings. The van der Waals surface area contributed by atoms with E-state index in [2.05, 4.69) is 10.5 Å². The molecule has 1 amide bonds. The Morgan fingerprint density at radius 1 is 0.967 bits per heavy atom. The summed E-state index contributed by atoms with van der Waals surface area (Å²) in [5.41, 5.74) is 4.15. The lowest BCUT2D eigenvalue weighted by Crippen LogP contribution is -2.19. The van der Waals surface area contributed by atoms with Crippen LogP contribution in [0.25, 0.3) is 0 Å². The van der Waals surface area contributed by atoms with E-state index in [1.807, 2.05) is 30.3 Å². The van der Waals surface area contributed by atoms with Gasteiger partial charge in [0.1, 0.15) is 5.75 Å². The molecule has 3 rings (SSSR count). The summed E-state index contributed by atoms with van der Waals surface area (Å²) in [6, 6.07) is 21.0. The summed E-state index contributed by atoms with van der Waals surface area (Å²) in [5, 5.41) is 14.6. The molecule has 0 heterocycles. The van der Waals surface area contributed by atoms with Crippen LogP contribution in [0, 0.1) is 10.1 Å². The van der Waals surface area contributed by atoms with Crippen molar-refractivity contribution in [2.45, 2.75) is 6.42 Å². The molecule has 0 aliphatic heterocycles. The number of rotatable bonds is 7. The second kappa shape index (κ2) is 9.74. The van der Waals surface area contributed by atoms with E-state index >= 15 is 0 Å². The van der Waals surface area contributed by atoms with Crippen LogP contribution in [-0.2, 0) is 11.2 Å². The number of benzene rings is 3. The number of non-ortho nitro benzene ring substituents is 1. The van der Waals surface area contributed by atoms with Gasteiger partial charge in [-0.1, -0.05) is 30.3 Å². The highest BCUT2D eigenvalue weighted by Crippen LogP contribution is 2.16. The lowest BCUT2D eigenvalue weighted by atomic mass is 10.1. The predicted octanol–water partition coefficient (Wildman–Crippen LogP) is 3.51. The van der Waals surface area contributed by atoms with Crippen molar-refractivity contribution < 1.29 is 19.2 Å². The Balaban J connectivity index is 1.51. The Morgan fingerprint density at radius 2 is 1.63 bits per heavy atom. The van der Waals surface area contributed by atoms with E-state index < -0.39 is 10.9 Å². The largest absolute Gasteiger partial charge is 0.423 e. The quantitative estimate of drug-likeness (QED) is 0.213. The second-order valence-corrected chi connectivity index (χ2v) is 6.22. The highest BCUT2D eigenvalue weighted by Gasteiger charge is 2.11. The van der Waals surface area contributed by atoms with Gasteiger partial charge in [0.15, 0.2) is 0 Å². The first kappa shape index (κ1) is 20.4. The van der Waals surface area contributed by atoms with Crippen LogP contribution in [0.15, 0.2) is 84.0 Å². The minimum atomic E-state index is -0.625. The average molecular weight is 403 g/mol. The molecule has 1 N–H and O–H groups in total. The number of esters is 1. The Kier molecular flexibility index (Phi) is 6.63. The summed E-state index contributed by atoms with van der Waals surface area (Å²) in [4.78, 5) is 34.1. The normalized spacial score (nSPS) is 10.5. The van der Waals surface area contributed by atoms with Gasteiger partial charge in [-0.05, 0) is 47.5 Å². The third kappa shape index (κ3) is 5.83. The number of nitrogens with one attached hydrogen (secondary N) is 1. The molecule has 0 spiro atoms. The summed E-state index contributed by atoms with van der Waals surface area (Å²) in [6.07, 6.45) is 1.71. The lowest BCUT2D eigenvalue weighted by molar-refractivity contribution is -0.384. The van der Waals surface area contributed by atoms with Crippen molar-refractivity contribution in [2.24, 2.45) is 5.10 Å². The van der Waals surface area contributed by atoms with Crippen molar-refractivity contribution in [1.29, 1.82) is 0 Å². The number of hydrogen-bond donors (Lipinski definition) is 1. The zero-order valence-corrected chi connectivity index (χ0v) is 15.7. The van der Waals surface area contributed by atoms with Crippen molar-refractivity contribution in [3.63, 3.8) is 0 Å². The van der Waals surface area contributed by atoms with E-state index in [0.717, 1.165) is 5.56 Å². The number of ether oxygens (including phenoxy) is 1. The molecule has 3 aromatic rings. The second-order valence-electron chi connectivity index (χ2n) is 6.22. The smallest absolute Gasteiger partial charge is 0.343 e. The first-order valence-corrected chi connectivity index (χ1v) is 8.94. The number of amides is 1. The van der Waals surface area contributed by atoms with Crippen LogP contribution >= 0.6 is 0 Å². The maximum absolute atomic E-state index is 12.1. The molecule has 0 radical (unpaired) electrons. The van der Waals surface area contributed by atoms with Crippen LogP contribution in [-0.4, -0.2) is 23.0 Å². The fourth-order valence-electron chi connectivity index (χ4n) is 2.51. The van der Waals surface area contributed by atoms with Crippen LogP contribution < -0.4 is 10.2 Å². The molecule has 0 atom stereocenters. The Morgan fingerprint density at radius 3 is 2.27 bits per heavy atom. The van der Waals surface area contributed by atoms with E-state index in [9.17, 15) is 19.7 Å². The van der Waals surface area contributed by atoms with Crippen LogP contribution in [0.1, 0.15) is 21.5 Å². The van der Waals surface area contributed by atoms with Gasteiger partial charge in [0, 0.05) is 12.1 Å². The van der Waals surface area contributed by atoms with Gasteiger partial charge >= 0.3 is 5.97 Å². The summed E-state index contributed by atoms with van der Waals surface area (Å²) >= 11 is 0. The highest BCUT2D eigenvalue weighted by atomic mass is 16.6. The van der Waals surface area contributed by atoms with Gasteiger partial charge in [0.2, 0.25) is 5.91 Å². The number of hydrazone groups is 1. The van der Waals surface area contributed by atoms with E-state index in [4.69, 9.17) is 4.74 Å². The number of nitro benzene ring substituents is 1. The van der Waals surface area contributed by atoms with Crippen molar-refractivity contribution in [3.8, 4) is 5.75 Å². The lowest BCUT2D eigenvalue weighted by Gasteiger charge is -2.04. The zero-order valence-electron chi connectivity index (χ0n) is 15.7. The number of carbonyl (C=O) groups excluding carboxylic acids is 2. The topological polar surface area (TPSA) is 111 Å². The Hall–Kier alpha value is -4.33. The molecule has 8 nitrogen and oxygen atoms in total. The molecule has 8 heteroatoms. The van der Waals surface area contributed by atoms with Gasteiger partial charge in [-0.15, -0.1) is 0 Å². The number of hydrogen-bond acceptors (Lipinski definition) is 6. The number of carbonyl (C=O) groups is 2. The van der Waals surface area contributed by atoms with Crippen LogP contribution in [0.5, 0.6) is 5.75 Å². The molecule has 0 aliphatic carbocycles. The van der Waals surface area contributed by atoms with Crippen LogP contribution in [0.4, 0.5) is 5.69 Å². The molecule has 150 valence electrons. The summed E-state index contributed by atoms with van der Waals surface area (Å²) in [7, 11) is 0. The molecule has 3 aromatic carbocycles. The summed E-state index contributed by atoms with van der Waals surface area (Å²) < 4.78 is 5.24. The maximum Gasteiger partial charge on any atom is 0.343 e. The van der Waals surface area contributed by atoms with Crippen molar-refractivity contribution >= 4 is 23.8 Å². The van der Waals surface area contributed by atoms with Crippen LogP contribution in [0.3, 0.4) is 0 Å². The third-order valence-electron chi connectivity index (χ3n) is 4.01. The predicted molar refractivity (Wildman–Crippen MR) is 110 cm³/mol. The molecular weight excluding hydrogens is 386 g/mol. The SMILES string of the molecule is O=C(Cc1ccccc1)N/N=C\c1ccc(OC(=O)c2ccc([N+](=O)[O-])cc2)cc1. The Labute approximate surface area is 172 Å². The van der Waals surface area contributed by atoms with E-state index in [1.54, 1.807) is 24.3 Å². The first-order chi connectivity index (χ1) is 14.5. The van der Waals surface area contributed by atoms with Gasteiger partial charge in [0.25, 0.3) is 5.69 Å². The van der Waals surface area contributed by atoms with Gasteiger partial charge in [-0.25, -0.2) is 10.2 Å². The molecule has 0 saturated heterocycles. The minimum Gasteiger partial charge on any atom is -0.423 e. The van der Waals surface area contributed by atoms with Gasteiger partial charge in [0.05, 0.1) is 23.1 Å². The van der Waals surface area contributed by atoms with E-state index in [-0.39, 0.29) is 23.6 Å². The molecule has 0 saturated carbocycles. The van der Waals surface area contributed by atoms with Gasteiger partial charge in [-0.3, -0.25) is 14.9 Å². The average Bonchev–Trinajstić information content (AvgIpc) is 2.75. The van der Waals surface area contributed by atoms with E-state index in [1.165, 1.54) is 30.5 Å². The van der Waals surface area contributed by atoms with E-state index in [0.29, 0.717) is 11.3 Å². The van der Waals surface area contributed by atoms with Crippen molar-refractivity contribution in [2.75, 3.05) is 0 Å². The number of nitro groups is 1. The standard InChI is InChI=1S/C22H17N3O5/c26-21(14-16-4-2-1-3-5-16)24-23-15-17-6-12-20(13-7-17)30-22(27)18-8-10-19(11-9-18)25(28)29/h1-13,15H,14H2,(H,24,26)/b23-15-. The fraction of sp³-hybridized carbons (Fsp3) is 0.0455. The third-order valence-corrected chi connectivity index (χ3v) is 4.01. The molecule has 0 aromatic heterocycles. The monoisotopic (exact) mass is 403 g/mol. The first-order valence-electron chi connectivity index (χ1n) is 8.94. The summed E-state index contributed by atoms with van der Waals surface area (Å²) in [5.74, 6) is -0.547. The molecule has 0 unspecified atom stereocenters. The molecule has 0 aliphatic rings. The zero-order chi connectivity index (χ0) is 21.3. The summed E-state index contributed by atoms with van der Waals surface area (Å²) in [6.45, 7) is 0. The van der Waals surface area contributed by atoms with Gasteiger partial charge < -0.3 is 4.74 Å². The highest BCUT2D eigenvalue weighted by molar-refractivity contribution is 5.91. The number of nitrogens with zero attached hydrogens (tertiary/aromatic N) is 2. The van der Waals surface area contributed by atoms with Crippen LogP contribution in [0.2, 0.25) is 0 Å². The Bertz CT molecular complexity index is 1060. The molecule has 0 bridgehead atoms. The van der Waals surface area contributed by atoms with Crippen molar-refractivity contribution in [1.82, 2.24) is 5.43 Å². The van der Waals surface area contributed by atoms with Crippen molar-refractivity contribution in [3.05, 3.63) is 106 Å². The fourth-order valence-corrected chi connectivity index (χ4v) is 2.51. The molecule has 30 heavy (non-hydrogen) atoms. The maximum atomic E-state index is 12.1. The molecular formula is C22H17N3O5.